The van der Waals surface area contributed by atoms with E-state index in [0.29, 0.717) is 12.7 Å². The summed E-state index contributed by atoms with van der Waals surface area (Å²) in [6, 6.07) is 7.75. The van der Waals surface area contributed by atoms with Gasteiger partial charge in [-0.25, -0.2) is 0 Å². The summed E-state index contributed by atoms with van der Waals surface area (Å²) in [7, 11) is 5.82. The Labute approximate surface area is 127 Å². The molecule has 1 aromatic rings. The van der Waals surface area contributed by atoms with Gasteiger partial charge in [-0.1, -0.05) is 12.1 Å². The smallest absolute Gasteiger partial charge is 0.161 e. The average Bonchev–Trinajstić information content (AvgIpc) is 2.47. The first-order valence-corrected chi connectivity index (χ1v) is 7.43. The highest BCUT2D eigenvalue weighted by molar-refractivity contribution is 5.39. The highest BCUT2D eigenvalue weighted by Gasteiger charge is 2.20. The van der Waals surface area contributed by atoms with Gasteiger partial charge in [-0.05, 0) is 26.2 Å². The third-order valence-electron chi connectivity index (χ3n) is 3.53. The minimum Gasteiger partial charge on any atom is -0.493 e. The van der Waals surface area contributed by atoms with E-state index in [9.17, 15) is 0 Å². The second kappa shape index (κ2) is 8.22. The number of likely N-dealkylation sites (N-methyl/N-ethyl adjacent to an activating group) is 1. The lowest BCUT2D eigenvalue weighted by atomic mass is 10.2. The molecule has 5 heteroatoms. The molecule has 118 valence electrons. The molecule has 0 spiro atoms. The quantitative estimate of drug-likeness (QED) is 0.758. The van der Waals surface area contributed by atoms with E-state index < -0.39 is 0 Å². The van der Waals surface area contributed by atoms with E-state index in [4.69, 9.17) is 14.2 Å². The largest absolute Gasteiger partial charge is 0.493 e. The Kier molecular flexibility index (Phi) is 6.29. The van der Waals surface area contributed by atoms with Gasteiger partial charge in [-0.3, -0.25) is 4.90 Å². The molecule has 1 aliphatic heterocycles. The molecule has 5 nitrogen and oxygen atoms in total. The Morgan fingerprint density at radius 2 is 2.05 bits per heavy atom. The van der Waals surface area contributed by atoms with E-state index in [1.807, 2.05) is 24.3 Å². The Morgan fingerprint density at radius 1 is 1.29 bits per heavy atom. The maximum atomic E-state index is 5.83. The normalized spacial score (nSPS) is 19.7. The van der Waals surface area contributed by atoms with Gasteiger partial charge < -0.3 is 19.1 Å². The zero-order chi connectivity index (χ0) is 15.1. The van der Waals surface area contributed by atoms with Crippen LogP contribution >= 0.6 is 0 Å². The first kappa shape index (κ1) is 16.1. The molecule has 0 aliphatic carbocycles. The van der Waals surface area contributed by atoms with E-state index in [1.54, 1.807) is 7.11 Å². The van der Waals surface area contributed by atoms with Gasteiger partial charge in [0, 0.05) is 26.2 Å². The molecule has 0 bridgehead atoms. The number of morpholine rings is 1. The average molecular weight is 294 g/mol. The second-order valence-corrected chi connectivity index (χ2v) is 5.55. The molecule has 1 atom stereocenters. The monoisotopic (exact) mass is 294 g/mol. The number of para-hydroxylation sites is 2. The third-order valence-corrected chi connectivity index (χ3v) is 3.53. The zero-order valence-corrected chi connectivity index (χ0v) is 13.2. The first-order valence-electron chi connectivity index (χ1n) is 7.43. The van der Waals surface area contributed by atoms with Crippen LogP contribution < -0.4 is 9.47 Å². The van der Waals surface area contributed by atoms with Crippen LogP contribution in [0.15, 0.2) is 24.3 Å². The lowest BCUT2D eigenvalue weighted by Gasteiger charge is -2.34. The van der Waals surface area contributed by atoms with E-state index in [1.165, 1.54) is 0 Å². The van der Waals surface area contributed by atoms with Gasteiger partial charge in [0.15, 0.2) is 11.5 Å². The number of benzene rings is 1. The summed E-state index contributed by atoms with van der Waals surface area (Å²) in [5, 5.41) is 0. The Balaban J connectivity index is 1.75. The van der Waals surface area contributed by atoms with Crippen molar-refractivity contribution in [2.75, 3.05) is 60.6 Å². The van der Waals surface area contributed by atoms with E-state index in [2.05, 4.69) is 23.9 Å². The van der Waals surface area contributed by atoms with Crippen LogP contribution in [0.2, 0.25) is 0 Å². The predicted molar refractivity (Wildman–Crippen MR) is 83.2 cm³/mol. The van der Waals surface area contributed by atoms with Crippen molar-refractivity contribution in [3.05, 3.63) is 24.3 Å². The van der Waals surface area contributed by atoms with Crippen LogP contribution in [0.4, 0.5) is 0 Å². The molecule has 0 saturated carbocycles. The molecule has 0 radical (unpaired) electrons. The van der Waals surface area contributed by atoms with Gasteiger partial charge in [0.2, 0.25) is 0 Å². The molecule has 2 rings (SSSR count). The van der Waals surface area contributed by atoms with Crippen molar-refractivity contribution >= 4 is 0 Å². The molecular weight excluding hydrogens is 268 g/mol. The summed E-state index contributed by atoms with van der Waals surface area (Å²) in [5.41, 5.74) is 0. The minimum absolute atomic E-state index is 0.292. The topological polar surface area (TPSA) is 34.2 Å². The minimum atomic E-state index is 0.292. The van der Waals surface area contributed by atoms with Gasteiger partial charge in [0.1, 0.15) is 6.61 Å². The Bertz CT molecular complexity index is 426. The summed E-state index contributed by atoms with van der Waals surface area (Å²) in [6.07, 6.45) is 0.292. The number of ether oxygens (including phenoxy) is 3. The van der Waals surface area contributed by atoms with Crippen LogP contribution in [0, 0.1) is 0 Å². The van der Waals surface area contributed by atoms with E-state index >= 15 is 0 Å². The van der Waals surface area contributed by atoms with Crippen molar-refractivity contribution in [3.8, 4) is 11.5 Å². The SMILES string of the molecule is COc1ccccc1OCCN1CCO[C@H](CN(C)C)C1. The summed E-state index contributed by atoms with van der Waals surface area (Å²) < 4.78 is 16.9. The molecule has 1 fully saturated rings. The molecule has 1 aromatic carbocycles. The van der Waals surface area contributed by atoms with Crippen molar-refractivity contribution in [1.29, 1.82) is 0 Å². The number of rotatable bonds is 7. The van der Waals surface area contributed by atoms with Crippen molar-refractivity contribution < 1.29 is 14.2 Å². The van der Waals surface area contributed by atoms with Crippen LogP contribution in [0.1, 0.15) is 0 Å². The molecule has 0 amide bonds. The predicted octanol–water partition coefficient (Wildman–Crippen LogP) is 1.34. The van der Waals surface area contributed by atoms with Gasteiger partial charge in [0.25, 0.3) is 0 Å². The van der Waals surface area contributed by atoms with Crippen molar-refractivity contribution in [1.82, 2.24) is 9.80 Å². The van der Waals surface area contributed by atoms with Crippen molar-refractivity contribution in [2.24, 2.45) is 0 Å². The van der Waals surface area contributed by atoms with E-state index in [0.717, 1.165) is 44.3 Å². The maximum Gasteiger partial charge on any atom is 0.161 e. The van der Waals surface area contributed by atoms with Crippen molar-refractivity contribution in [2.45, 2.75) is 6.10 Å². The molecule has 0 aromatic heterocycles. The van der Waals surface area contributed by atoms with Crippen LogP contribution in [0.3, 0.4) is 0 Å². The standard InChI is InChI=1S/C16H26N2O3/c1-17(2)12-14-13-18(8-10-20-14)9-11-21-16-7-5-4-6-15(16)19-3/h4-7,14H,8-13H2,1-3H3/t14-/m1/s1. The highest BCUT2D eigenvalue weighted by atomic mass is 16.5. The second-order valence-electron chi connectivity index (χ2n) is 5.55. The molecule has 21 heavy (non-hydrogen) atoms. The lowest BCUT2D eigenvalue weighted by molar-refractivity contribution is -0.0405. The molecule has 1 aliphatic rings. The summed E-state index contributed by atoms with van der Waals surface area (Å²) in [4.78, 5) is 4.56. The lowest BCUT2D eigenvalue weighted by Crippen LogP contribution is -2.47. The van der Waals surface area contributed by atoms with Gasteiger partial charge in [0.05, 0.1) is 19.8 Å². The zero-order valence-electron chi connectivity index (χ0n) is 13.2. The number of methoxy groups -OCH3 is 1. The number of hydrogen-bond donors (Lipinski definition) is 0. The molecule has 0 N–H and O–H groups in total. The Hall–Kier alpha value is -1.30. The van der Waals surface area contributed by atoms with E-state index in [-0.39, 0.29) is 0 Å². The Morgan fingerprint density at radius 3 is 2.76 bits per heavy atom. The fraction of sp³-hybridized carbons (Fsp3) is 0.625. The van der Waals surface area contributed by atoms with Gasteiger partial charge in [-0.2, -0.15) is 0 Å². The van der Waals surface area contributed by atoms with Crippen molar-refractivity contribution in [3.63, 3.8) is 0 Å². The van der Waals surface area contributed by atoms with Crippen LogP contribution in [-0.4, -0.2) is 76.5 Å². The van der Waals surface area contributed by atoms with Crippen LogP contribution in [0.5, 0.6) is 11.5 Å². The fourth-order valence-corrected chi connectivity index (χ4v) is 2.52. The first-order chi connectivity index (χ1) is 10.2. The summed E-state index contributed by atoms with van der Waals surface area (Å²) in [6.45, 7) is 5.27. The molecular formula is C16H26N2O3. The van der Waals surface area contributed by atoms with Gasteiger partial charge in [-0.15, -0.1) is 0 Å². The van der Waals surface area contributed by atoms with Crippen LogP contribution in [0.25, 0.3) is 0 Å². The van der Waals surface area contributed by atoms with Crippen LogP contribution in [-0.2, 0) is 4.74 Å². The summed E-state index contributed by atoms with van der Waals surface area (Å²) >= 11 is 0. The third kappa shape index (κ3) is 5.19. The maximum absolute atomic E-state index is 5.83. The number of nitrogens with zero attached hydrogens (tertiary/aromatic N) is 2. The summed E-state index contributed by atoms with van der Waals surface area (Å²) in [5.74, 6) is 1.59. The van der Waals surface area contributed by atoms with Gasteiger partial charge >= 0.3 is 0 Å². The molecule has 1 heterocycles. The molecule has 0 unspecified atom stereocenters. The number of hydrogen-bond acceptors (Lipinski definition) is 5. The molecule has 1 saturated heterocycles. The highest BCUT2D eigenvalue weighted by Crippen LogP contribution is 2.25. The fourth-order valence-electron chi connectivity index (χ4n) is 2.52.